The number of hydrogen-bond acceptors (Lipinski definition) is 4. The van der Waals surface area contributed by atoms with E-state index in [1.165, 1.54) is 21.6 Å². The summed E-state index contributed by atoms with van der Waals surface area (Å²) in [4.78, 5) is 13.5. The Hall–Kier alpha value is -2.35. The molecule has 33 heavy (non-hydrogen) atoms. The van der Waals surface area contributed by atoms with Crippen molar-refractivity contribution in [3.8, 4) is 11.8 Å². The number of ketones is 1. The molecule has 4 heteroatoms. The van der Waals surface area contributed by atoms with Crippen molar-refractivity contribution in [2.75, 3.05) is 25.5 Å². The molecule has 4 nitrogen and oxygen atoms in total. The van der Waals surface area contributed by atoms with E-state index in [1.807, 2.05) is 30.3 Å². The maximum absolute atomic E-state index is 12.2. The fraction of sp³-hybridized carbons (Fsp3) is 0.552. The summed E-state index contributed by atoms with van der Waals surface area (Å²) in [5, 5.41) is 21.1. The summed E-state index contributed by atoms with van der Waals surface area (Å²) in [6.07, 6.45) is 7.20. The van der Waals surface area contributed by atoms with Crippen LogP contribution in [0.1, 0.15) is 67.5 Å². The number of carbonyl (C=O) groups is 1. The Kier molecular flexibility index (Phi) is 4.69. The van der Waals surface area contributed by atoms with Crippen molar-refractivity contribution in [3.63, 3.8) is 0 Å². The van der Waals surface area contributed by atoms with Crippen LogP contribution in [0.3, 0.4) is 0 Å². The number of aliphatic hydroxyl groups is 2. The topological polar surface area (TPSA) is 60.8 Å². The van der Waals surface area contributed by atoms with Gasteiger partial charge in [-0.15, -0.1) is 0 Å². The van der Waals surface area contributed by atoms with Crippen LogP contribution in [0.4, 0.5) is 5.69 Å². The van der Waals surface area contributed by atoms with Crippen molar-refractivity contribution >= 4 is 11.5 Å². The maximum atomic E-state index is 12.2. The molecule has 0 amide bonds. The van der Waals surface area contributed by atoms with Crippen LogP contribution < -0.4 is 4.90 Å². The molecule has 2 saturated carbocycles. The molecule has 2 fully saturated rings. The monoisotopic (exact) mass is 448 g/mol. The zero-order chi connectivity index (χ0) is 25.9. The van der Waals surface area contributed by atoms with Gasteiger partial charge in [0.2, 0.25) is 0 Å². The van der Waals surface area contributed by atoms with Crippen molar-refractivity contribution in [2.45, 2.75) is 63.4 Å². The number of nitrogens with zero attached hydrogens (tertiary/aromatic N) is 1. The van der Waals surface area contributed by atoms with E-state index in [9.17, 15) is 15.0 Å². The first-order valence-electron chi connectivity index (χ1n) is 13.6. The fourth-order valence-corrected chi connectivity index (χ4v) is 7.29. The molecular weight excluding hydrogens is 410 g/mol. The molecule has 174 valence electrons. The van der Waals surface area contributed by atoms with E-state index in [0.717, 1.165) is 37.7 Å². The molecule has 0 heterocycles. The van der Waals surface area contributed by atoms with Crippen molar-refractivity contribution in [1.29, 1.82) is 0 Å². The number of rotatable bonds is 2. The summed E-state index contributed by atoms with van der Waals surface area (Å²) in [6.45, 7) is -0.324. The van der Waals surface area contributed by atoms with Gasteiger partial charge < -0.3 is 15.1 Å². The molecule has 0 aromatic heterocycles. The minimum Gasteiger partial charge on any atom is -0.384 e. The summed E-state index contributed by atoms with van der Waals surface area (Å²) in [5.41, 5.74) is 4.07. The lowest BCUT2D eigenvalue weighted by Crippen LogP contribution is -2.51. The number of carbonyl (C=O) groups excluding carboxylic acids is 1. The van der Waals surface area contributed by atoms with Crippen LogP contribution in [-0.4, -0.2) is 42.2 Å². The van der Waals surface area contributed by atoms with Gasteiger partial charge in [-0.2, -0.15) is 0 Å². The lowest BCUT2D eigenvalue weighted by Gasteiger charge is -2.53. The third-order valence-electron chi connectivity index (χ3n) is 8.94. The quantitative estimate of drug-likeness (QED) is 0.659. The number of benzene rings is 1. The number of fused-ring (bicyclic) bond motifs is 4. The van der Waals surface area contributed by atoms with E-state index in [4.69, 9.17) is 4.11 Å². The Bertz CT molecular complexity index is 1190. The molecule has 1 aromatic carbocycles. The molecule has 5 rings (SSSR count). The molecular formula is C29H35NO3. The fourth-order valence-electron chi connectivity index (χ4n) is 7.29. The van der Waals surface area contributed by atoms with Crippen LogP contribution in [0, 0.1) is 29.1 Å². The van der Waals surface area contributed by atoms with Gasteiger partial charge in [0.05, 0.1) is 0 Å². The normalized spacial score (nSPS) is 36.8. The zero-order valence-corrected chi connectivity index (χ0v) is 19.5. The highest BCUT2D eigenvalue weighted by Crippen LogP contribution is 2.66. The van der Waals surface area contributed by atoms with E-state index in [2.05, 4.69) is 18.8 Å². The predicted molar refractivity (Wildman–Crippen MR) is 131 cm³/mol. The third-order valence-corrected chi connectivity index (χ3v) is 8.94. The van der Waals surface area contributed by atoms with Crippen LogP contribution in [0.2, 0.25) is 0 Å². The second kappa shape index (κ2) is 8.15. The standard InChI is InChI=1S/C29H35NO3/c1-28-18-25(19-5-8-21(9-6-19)30(2)3)27-23-12-10-22(32)17-20(23)7-11-24(27)26(28)13-15-29(28,33)14-4-16-31/h5-6,8-9,17,24-26,31,33H,7,10-13,15-16,18H2,1-3H3/t24?,25-,26?,28+,29+/m1/s1/i2D3. The first kappa shape index (κ1) is 19.0. The van der Waals surface area contributed by atoms with Gasteiger partial charge in [-0.25, -0.2) is 0 Å². The first-order chi connectivity index (χ1) is 17.0. The minimum atomic E-state index is -2.22. The van der Waals surface area contributed by atoms with Crippen molar-refractivity contribution < 1.29 is 19.1 Å². The van der Waals surface area contributed by atoms with Crippen molar-refractivity contribution in [2.24, 2.45) is 17.3 Å². The summed E-state index contributed by atoms with van der Waals surface area (Å²) in [5.74, 6) is 6.62. The Morgan fingerprint density at radius 3 is 2.73 bits per heavy atom. The second-order valence-electron chi connectivity index (χ2n) is 10.5. The van der Waals surface area contributed by atoms with Gasteiger partial charge in [0.1, 0.15) is 12.2 Å². The highest BCUT2D eigenvalue weighted by Gasteiger charge is 2.62. The summed E-state index contributed by atoms with van der Waals surface area (Å²) < 4.78 is 23.2. The Morgan fingerprint density at radius 2 is 2.00 bits per heavy atom. The number of anilines is 1. The minimum absolute atomic E-state index is 0.0517. The lowest BCUT2D eigenvalue weighted by atomic mass is 9.51. The number of allylic oxidation sites excluding steroid dienone is 4. The number of aliphatic hydroxyl groups excluding tert-OH is 1. The molecule has 0 saturated heterocycles. The van der Waals surface area contributed by atoms with Crippen LogP contribution in [-0.2, 0) is 4.79 Å². The highest BCUT2D eigenvalue weighted by atomic mass is 16.3. The van der Waals surface area contributed by atoms with Gasteiger partial charge in [-0.05, 0) is 85.3 Å². The molecule has 4 aliphatic rings. The molecule has 0 spiro atoms. The molecule has 0 radical (unpaired) electrons. The summed E-state index contributed by atoms with van der Waals surface area (Å²) in [6, 6.07) is 7.78. The van der Waals surface area contributed by atoms with E-state index >= 15 is 0 Å². The molecule has 0 aliphatic heterocycles. The molecule has 2 unspecified atom stereocenters. The van der Waals surface area contributed by atoms with Crippen molar-refractivity contribution in [3.05, 3.63) is 52.6 Å². The Labute approximate surface area is 201 Å². The van der Waals surface area contributed by atoms with Gasteiger partial charge in [0.25, 0.3) is 0 Å². The summed E-state index contributed by atoms with van der Waals surface area (Å²) >= 11 is 0. The van der Waals surface area contributed by atoms with E-state index in [1.54, 1.807) is 7.05 Å². The molecule has 5 atom stereocenters. The lowest BCUT2D eigenvalue weighted by molar-refractivity contribution is -0.114. The first-order valence-corrected chi connectivity index (χ1v) is 12.1. The van der Waals surface area contributed by atoms with Crippen LogP contribution in [0.15, 0.2) is 47.1 Å². The molecule has 0 bridgehead atoms. The van der Waals surface area contributed by atoms with Crippen LogP contribution in [0.25, 0.3) is 0 Å². The predicted octanol–water partition coefficient (Wildman–Crippen LogP) is 4.38. The van der Waals surface area contributed by atoms with Gasteiger partial charge >= 0.3 is 0 Å². The maximum Gasteiger partial charge on any atom is 0.156 e. The SMILES string of the molecule is [2H]C([2H])([2H])N(C)c1ccc([C@H]2C[C@@]3(C)C(CC[C@@]3(O)C#CCO)C3CCC4=CC(=O)CCC4=C32)cc1. The van der Waals surface area contributed by atoms with Gasteiger partial charge in [0, 0.05) is 41.6 Å². The largest absolute Gasteiger partial charge is 0.384 e. The zero-order valence-electron chi connectivity index (χ0n) is 22.5. The van der Waals surface area contributed by atoms with Crippen molar-refractivity contribution in [1.82, 2.24) is 0 Å². The second-order valence-corrected chi connectivity index (χ2v) is 10.5. The van der Waals surface area contributed by atoms with Crippen LogP contribution >= 0.6 is 0 Å². The smallest absolute Gasteiger partial charge is 0.156 e. The Balaban J connectivity index is 1.62. The molecule has 1 aromatic rings. The van der Waals surface area contributed by atoms with Crippen LogP contribution in [0.5, 0.6) is 0 Å². The van der Waals surface area contributed by atoms with Gasteiger partial charge in [-0.3, -0.25) is 4.79 Å². The van der Waals surface area contributed by atoms with E-state index in [-0.39, 0.29) is 24.2 Å². The molecule has 4 aliphatic carbocycles. The van der Waals surface area contributed by atoms with Gasteiger partial charge in [-0.1, -0.05) is 36.5 Å². The van der Waals surface area contributed by atoms with Gasteiger partial charge in [0.15, 0.2) is 5.78 Å². The van der Waals surface area contributed by atoms with E-state index < -0.39 is 18.0 Å². The average molecular weight is 449 g/mol. The average Bonchev–Trinajstić information content (AvgIpc) is 3.11. The van der Waals surface area contributed by atoms with E-state index in [0.29, 0.717) is 24.4 Å². The number of hydrogen-bond donors (Lipinski definition) is 2. The molecule has 2 N–H and O–H groups in total. The highest BCUT2D eigenvalue weighted by molar-refractivity contribution is 5.93. The third kappa shape index (κ3) is 3.49. The summed E-state index contributed by atoms with van der Waals surface area (Å²) in [7, 11) is 1.57. The Morgan fingerprint density at radius 1 is 1.21 bits per heavy atom.